The Morgan fingerprint density at radius 1 is 0.946 bits per heavy atom. The second-order valence-electron chi connectivity index (χ2n) is 8.46. The Morgan fingerprint density at radius 2 is 1.76 bits per heavy atom. The van der Waals surface area contributed by atoms with E-state index in [2.05, 4.69) is 15.4 Å². The Kier molecular flexibility index (Phi) is 6.31. The van der Waals surface area contributed by atoms with Gasteiger partial charge in [0.05, 0.1) is 11.9 Å². The zero-order valence-electron chi connectivity index (χ0n) is 19.6. The largest absolute Gasteiger partial charge is 0.348 e. The van der Waals surface area contributed by atoms with Gasteiger partial charge in [-0.05, 0) is 59.7 Å². The van der Waals surface area contributed by atoms with Gasteiger partial charge in [0, 0.05) is 43.5 Å². The van der Waals surface area contributed by atoms with E-state index in [0.29, 0.717) is 11.2 Å². The number of ketones is 1. The molecule has 0 radical (unpaired) electrons. The highest BCUT2D eigenvalue weighted by Crippen LogP contribution is 2.21. The standard InChI is InChI=1S/C27H20F3N5O2/c1-34-23(6-8-33-34)17-7-9-35-24(15-31-26(35)13-17)25(36)12-19-11-18(3-5-20(19)28)27(37)32-14-16-2-4-21(29)22(30)10-16/h2-11,13,15H,12,14H2,1H3,(H,32,37). The van der Waals surface area contributed by atoms with Crippen molar-refractivity contribution in [3.05, 3.63) is 113 Å². The van der Waals surface area contributed by atoms with Gasteiger partial charge in [0.25, 0.3) is 5.91 Å². The average molecular weight is 503 g/mol. The van der Waals surface area contributed by atoms with Crippen LogP contribution in [0, 0.1) is 17.5 Å². The summed E-state index contributed by atoms with van der Waals surface area (Å²) < 4.78 is 44.4. The van der Waals surface area contributed by atoms with Gasteiger partial charge in [-0.25, -0.2) is 18.2 Å². The first-order valence-electron chi connectivity index (χ1n) is 11.3. The van der Waals surface area contributed by atoms with Gasteiger partial charge in [0.2, 0.25) is 0 Å². The fourth-order valence-electron chi connectivity index (χ4n) is 4.05. The first-order valence-corrected chi connectivity index (χ1v) is 11.3. The second-order valence-corrected chi connectivity index (χ2v) is 8.46. The highest BCUT2D eigenvalue weighted by atomic mass is 19.2. The van der Waals surface area contributed by atoms with Crippen LogP contribution in [0.1, 0.15) is 32.0 Å². The summed E-state index contributed by atoms with van der Waals surface area (Å²) in [5.74, 6) is -3.55. The molecule has 10 heteroatoms. The molecule has 3 heterocycles. The third-order valence-corrected chi connectivity index (χ3v) is 6.01. The van der Waals surface area contributed by atoms with E-state index in [-0.39, 0.29) is 35.6 Å². The molecule has 5 aromatic rings. The van der Waals surface area contributed by atoms with Crippen LogP contribution < -0.4 is 5.32 Å². The van der Waals surface area contributed by atoms with Gasteiger partial charge in [-0.15, -0.1) is 0 Å². The van der Waals surface area contributed by atoms with Crippen LogP contribution in [0.4, 0.5) is 13.2 Å². The maximum atomic E-state index is 14.5. The zero-order valence-corrected chi connectivity index (χ0v) is 19.6. The number of nitrogens with one attached hydrogen (secondary N) is 1. The number of halogens is 3. The number of carbonyl (C=O) groups is 2. The quantitative estimate of drug-likeness (QED) is 0.332. The third-order valence-electron chi connectivity index (χ3n) is 6.01. The lowest BCUT2D eigenvalue weighted by Gasteiger charge is -2.09. The lowest BCUT2D eigenvalue weighted by atomic mass is 10.0. The van der Waals surface area contributed by atoms with Gasteiger partial charge in [-0.3, -0.25) is 18.7 Å². The average Bonchev–Trinajstić information content (AvgIpc) is 3.51. The number of fused-ring (bicyclic) bond motifs is 1. The third kappa shape index (κ3) is 4.86. The van der Waals surface area contributed by atoms with Crippen LogP contribution in [0.25, 0.3) is 16.9 Å². The number of amides is 1. The number of aryl methyl sites for hydroxylation is 1. The van der Waals surface area contributed by atoms with Gasteiger partial charge in [-0.2, -0.15) is 5.10 Å². The maximum absolute atomic E-state index is 14.5. The zero-order chi connectivity index (χ0) is 26.1. The number of imidazole rings is 1. The van der Waals surface area contributed by atoms with Crippen molar-refractivity contribution in [1.82, 2.24) is 24.5 Å². The second kappa shape index (κ2) is 9.73. The number of Topliss-reactive ketones (excluding diaryl/α,β-unsaturated/α-hetero) is 1. The topological polar surface area (TPSA) is 81.3 Å². The van der Waals surface area contributed by atoms with E-state index in [0.717, 1.165) is 29.5 Å². The monoisotopic (exact) mass is 503 g/mol. The van der Waals surface area contributed by atoms with Crippen LogP contribution in [-0.4, -0.2) is 30.9 Å². The van der Waals surface area contributed by atoms with Crippen molar-refractivity contribution in [2.24, 2.45) is 7.05 Å². The van der Waals surface area contributed by atoms with Gasteiger partial charge in [0.15, 0.2) is 17.4 Å². The molecule has 2 aromatic carbocycles. The minimum atomic E-state index is -1.02. The van der Waals surface area contributed by atoms with Gasteiger partial charge < -0.3 is 5.32 Å². The van der Waals surface area contributed by atoms with Crippen LogP contribution in [0.3, 0.4) is 0 Å². The van der Waals surface area contributed by atoms with Crippen molar-refractivity contribution in [2.75, 3.05) is 0 Å². The van der Waals surface area contributed by atoms with Crippen LogP contribution >= 0.6 is 0 Å². The molecular formula is C27H20F3N5O2. The molecule has 186 valence electrons. The molecule has 0 bridgehead atoms. The fraction of sp³-hybridized carbons (Fsp3) is 0.111. The van der Waals surface area contributed by atoms with Gasteiger partial charge in [-0.1, -0.05) is 6.07 Å². The predicted molar refractivity (Wildman–Crippen MR) is 129 cm³/mol. The number of nitrogens with zero attached hydrogens (tertiary/aromatic N) is 4. The van der Waals surface area contributed by atoms with E-state index >= 15 is 0 Å². The Morgan fingerprint density at radius 3 is 2.51 bits per heavy atom. The summed E-state index contributed by atoms with van der Waals surface area (Å²) in [7, 11) is 1.82. The summed E-state index contributed by atoms with van der Waals surface area (Å²) in [4.78, 5) is 29.9. The van der Waals surface area contributed by atoms with Crippen molar-refractivity contribution in [3.63, 3.8) is 0 Å². The molecule has 7 nitrogen and oxygen atoms in total. The molecule has 37 heavy (non-hydrogen) atoms. The first-order chi connectivity index (χ1) is 17.8. The van der Waals surface area contributed by atoms with E-state index < -0.39 is 23.4 Å². The Hall–Kier alpha value is -4.73. The predicted octanol–water partition coefficient (Wildman–Crippen LogP) is 4.51. The summed E-state index contributed by atoms with van der Waals surface area (Å²) in [6.07, 6.45) is 4.55. The number of aromatic nitrogens is 4. The Labute approximate surface area is 209 Å². The SMILES string of the molecule is Cn1nccc1-c1ccn2c(C(=O)Cc3cc(C(=O)NCc4ccc(F)c(F)c4)ccc3F)cnc2c1. The molecule has 1 amide bonds. The molecule has 1 N–H and O–H groups in total. The van der Waals surface area contributed by atoms with E-state index in [1.807, 2.05) is 25.2 Å². The van der Waals surface area contributed by atoms with Crippen LogP contribution in [0.5, 0.6) is 0 Å². The molecular weight excluding hydrogens is 483 g/mol. The van der Waals surface area contributed by atoms with Crippen LogP contribution in [0.15, 0.2) is 73.2 Å². The van der Waals surface area contributed by atoms with E-state index in [1.54, 1.807) is 21.5 Å². The first kappa shape index (κ1) is 24.0. The summed E-state index contributed by atoms with van der Waals surface area (Å²) >= 11 is 0. The minimum absolute atomic E-state index is 0.0481. The number of carbonyl (C=O) groups excluding carboxylic acids is 2. The van der Waals surface area contributed by atoms with Crippen molar-refractivity contribution in [2.45, 2.75) is 13.0 Å². The van der Waals surface area contributed by atoms with Crippen molar-refractivity contribution in [3.8, 4) is 11.3 Å². The summed E-state index contributed by atoms with van der Waals surface area (Å²) in [5, 5.41) is 6.74. The molecule has 0 spiro atoms. The number of benzene rings is 2. The van der Waals surface area contributed by atoms with Crippen molar-refractivity contribution in [1.29, 1.82) is 0 Å². The number of rotatable bonds is 7. The van der Waals surface area contributed by atoms with E-state index in [1.165, 1.54) is 24.4 Å². The number of hydrogen-bond donors (Lipinski definition) is 1. The molecule has 0 atom stereocenters. The molecule has 3 aromatic heterocycles. The lowest BCUT2D eigenvalue weighted by Crippen LogP contribution is -2.23. The summed E-state index contributed by atoms with van der Waals surface area (Å²) in [6, 6.07) is 12.5. The molecule has 0 saturated carbocycles. The van der Waals surface area contributed by atoms with Crippen molar-refractivity contribution < 1.29 is 22.8 Å². The maximum Gasteiger partial charge on any atom is 0.251 e. The number of hydrogen-bond acceptors (Lipinski definition) is 4. The highest BCUT2D eigenvalue weighted by molar-refractivity contribution is 5.98. The van der Waals surface area contributed by atoms with Gasteiger partial charge in [0.1, 0.15) is 17.2 Å². The van der Waals surface area contributed by atoms with Crippen LogP contribution in [-0.2, 0) is 20.0 Å². The summed E-state index contributed by atoms with van der Waals surface area (Å²) in [6.45, 7) is -0.0513. The highest BCUT2D eigenvalue weighted by Gasteiger charge is 2.18. The normalized spacial score (nSPS) is 11.1. The fourth-order valence-corrected chi connectivity index (χ4v) is 4.05. The molecule has 5 rings (SSSR count). The molecule has 0 aliphatic carbocycles. The molecule has 0 saturated heterocycles. The molecule has 0 fully saturated rings. The van der Waals surface area contributed by atoms with E-state index in [4.69, 9.17) is 0 Å². The number of pyridine rings is 1. The van der Waals surface area contributed by atoms with E-state index in [9.17, 15) is 22.8 Å². The van der Waals surface area contributed by atoms with Crippen molar-refractivity contribution >= 4 is 17.3 Å². The minimum Gasteiger partial charge on any atom is -0.348 e. The van der Waals surface area contributed by atoms with Gasteiger partial charge >= 0.3 is 0 Å². The smallest absolute Gasteiger partial charge is 0.251 e. The molecule has 0 aliphatic rings. The lowest BCUT2D eigenvalue weighted by molar-refractivity contribution is 0.0947. The summed E-state index contributed by atoms with van der Waals surface area (Å²) in [5.41, 5.74) is 3.14. The molecule has 0 aliphatic heterocycles. The Bertz CT molecular complexity index is 1660. The van der Waals surface area contributed by atoms with Crippen LogP contribution in [0.2, 0.25) is 0 Å². The Balaban J connectivity index is 1.32. The molecule has 0 unspecified atom stereocenters.